The number of hydrogen-bond acceptors (Lipinski definition) is 7. The van der Waals surface area contributed by atoms with Gasteiger partial charge < -0.3 is 10.1 Å². The second-order valence-electron chi connectivity index (χ2n) is 6.17. The zero-order chi connectivity index (χ0) is 18.1. The van der Waals surface area contributed by atoms with Crippen LogP contribution < -0.4 is 5.32 Å². The average molecular weight is 390 g/mol. The molecular formula is C17H18N4O3S2. The van der Waals surface area contributed by atoms with Gasteiger partial charge in [-0.2, -0.15) is 5.10 Å². The third-order valence-corrected chi connectivity index (χ3v) is 7.30. The summed E-state index contributed by atoms with van der Waals surface area (Å²) in [4.78, 5) is 5.21. The Bertz CT molecular complexity index is 1010. The summed E-state index contributed by atoms with van der Waals surface area (Å²) < 4.78 is 31.7. The summed E-state index contributed by atoms with van der Waals surface area (Å²) in [5, 5.41) is 9.63. The number of aromatic amines is 1. The number of rotatable bonds is 5. The fourth-order valence-corrected chi connectivity index (χ4v) is 5.50. The minimum atomic E-state index is -3.52. The third-order valence-electron chi connectivity index (χ3n) is 4.29. The highest BCUT2D eigenvalue weighted by atomic mass is 32.2. The molecule has 1 aromatic carbocycles. The Morgan fingerprint density at radius 2 is 2.23 bits per heavy atom. The lowest BCUT2D eigenvalue weighted by molar-refractivity contribution is 0.198. The number of hydrogen-bond donors (Lipinski definition) is 2. The van der Waals surface area contributed by atoms with Crippen LogP contribution in [0, 0.1) is 6.92 Å². The number of anilines is 2. The first-order chi connectivity index (χ1) is 12.5. The first kappa shape index (κ1) is 17.2. The minimum Gasteiger partial charge on any atom is -0.380 e. The van der Waals surface area contributed by atoms with Gasteiger partial charge in [0.25, 0.3) is 0 Å². The van der Waals surface area contributed by atoms with Crippen molar-refractivity contribution in [1.29, 1.82) is 0 Å². The van der Waals surface area contributed by atoms with Crippen LogP contribution in [-0.4, -0.2) is 42.1 Å². The second-order valence-corrected chi connectivity index (χ2v) is 9.25. The van der Waals surface area contributed by atoms with Crippen molar-refractivity contribution in [2.75, 3.05) is 18.5 Å². The Balaban J connectivity index is 1.78. The number of thiazole rings is 1. The van der Waals surface area contributed by atoms with Crippen LogP contribution >= 0.6 is 11.3 Å². The van der Waals surface area contributed by atoms with E-state index in [0.717, 1.165) is 10.6 Å². The molecule has 1 aliphatic heterocycles. The van der Waals surface area contributed by atoms with E-state index in [9.17, 15) is 8.42 Å². The smallest absolute Gasteiger partial charge is 0.184 e. The molecule has 2 aromatic heterocycles. The molecule has 26 heavy (non-hydrogen) atoms. The molecule has 136 valence electrons. The van der Waals surface area contributed by atoms with Gasteiger partial charge in [-0.25, -0.2) is 8.42 Å². The van der Waals surface area contributed by atoms with E-state index in [2.05, 4.69) is 20.5 Å². The molecule has 7 nitrogen and oxygen atoms in total. The van der Waals surface area contributed by atoms with E-state index in [-0.39, 0.29) is 6.61 Å². The lowest BCUT2D eigenvalue weighted by Crippen LogP contribution is -2.22. The number of sulfone groups is 1. The van der Waals surface area contributed by atoms with Gasteiger partial charge in [-0.15, -0.1) is 11.3 Å². The monoisotopic (exact) mass is 390 g/mol. The second kappa shape index (κ2) is 6.82. The third kappa shape index (κ3) is 3.25. The van der Waals surface area contributed by atoms with Crippen molar-refractivity contribution >= 4 is 32.7 Å². The zero-order valence-electron chi connectivity index (χ0n) is 14.1. The Labute approximate surface area is 155 Å². The van der Waals surface area contributed by atoms with Crippen molar-refractivity contribution in [3.63, 3.8) is 0 Å². The van der Waals surface area contributed by atoms with E-state index >= 15 is 0 Å². The van der Waals surface area contributed by atoms with Gasteiger partial charge in [0.05, 0.1) is 27.1 Å². The first-order valence-electron chi connectivity index (χ1n) is 8.17. The van der Waals surface area contributed by atoms with Crippen LogP contribution in [-0.2, 0) is 14.6 Å². The number of H-pyrrole nitrogens is 1. The Morgan fingerprint density at radius 3 is 2.88 bits per heavy atom. The lowest BCUT2D eigenvalue weighted by Gasteiger charge is -2.15. The van der Waals surface area contributed by atoms with Crippen LogP contribution in [0.3, 0.4) is 0 Å². The maximum Gasteiger partial charge on any atom is 0.184 e. The maximum absolute atomic E-state index is 13.2. The van der Waals surface area contributed by atoms with Crippen LogP contribution in [0.5, 0.6) is 0 Å². The Hall–Kier alpha value is -2.23. The number of nitrogens with zero attached hydrogens (tertiary/aromatic N) is 2. The van der Waals surface area contributed by atoms with Gasteiger partial charge >= 0.3 is 0 Å². The molecule has 0 radical (unpaired) electrons. The highest BCUT2D eigenvalue weighted by molar-refractivity contribution is 7.92. The SMILES string of the molecule is Cc1cc(Nc2ccc(-c3cncs3)c(S(=O)(=O)C3CCOC3)c2)n[nH]1. The summed E-state index contributed by atoms with van der Waals surface area (Å²) in [5.41, 5.74) is 3.96. The lowest BCUT2D eigenvalue weighted by atomic mass is 10.2. The molecule has 4 rings (SSSR count). The molecule has 0 amide bonds. The molecule has 2 N–H and O–H groups in total. The van der Waals surface area contributed by atoms with E-state index in [4.69, 9.17) is 4.74 Å². The average Bonchev–Trinajstić information content (AvgIpc) is 3.38. The minimum absolute atomic E-state index is 0.237. The molecule has 9 heteroatoms. The molecule has 1 unspecified atom stereocenters. The van der Waals surface area contributed by atoms with Gasteiger partial charge in [0, 0.05) is 35.8 Å². The van der Waals surface area contributed by atoms with Gasteiger partial charge in [-0.05, 0) is 25.5 Å². The largest absolute Gasteiger partial charge is 0.380 e. The molecule has 0 saturated carbocycles. The van der Waals surface area contributed by atoms with Gasteiger partial charge in [0.15, 0.2) is 15.7 Å². The molecule has 1 saturated heterocycles. The van der Waals surface area contributed by atoms with Crippen LogP contribution in [0.1, 0.15) is 12.1 Å². The van der Waals surface area contributed by atoms with Gasteiger partial charge in [0.2, 0.25) is 0 Å². The highest BCUT2D eigenvalue weighted by Gasteiger charge is 2.33. The van der Waals surface area contributed by atoms with Crippen molar-refractivity contribution in [3.05, 3.63) is 41.7 Å². The molecule has 0 spiro atoms. The standard InChI is InChI=1S/C17H18N4O3S2/c1-11-6-17(21-20-11)19-12-2-3-14(15-8-18-10-25-15)16(7-12)26(22,23)13-4-5-24-9-13/h2-3,6-8,10,13H,4-5,9H2,1H3,(H2,19,20,21). The van der Waals surface area contributed by atoms with E-state index in [1.54, 1.807) is 17.8 Å². The normalized spacial score (nSPS) is 17.5. The first-order valence-corrected chi connectivity index (χ1v) is 10.6. The number of benzene rings is 1. The van der Waals surface area contributed by atoms with Crippen LogP contribution in [0.2, 0.25) is 0 Å². The summed E-state index contributed by atoms with van der Waals surface area (Å²) in [6, 6.07) is 7.20. The molecule has 1 atom stereocenters. The molecule has 1 aliphatic rings. The molecule has 0 aliphatic carbocycles. The van der Waals surface area contributed by atoms with Crippen molar-refractivity contribution in [2.45, 2.75) is 23.5 Å². The zero-order valence-corrected chi connectivity index (χ0v) is 15.7. The fourth-order valence-electron chi connectivity index (χ4n) is 2.95. The fraction of sp³-hybridized carbons (Fsp3) is 0.294. The summed E-state index contributed by atoms with van der Waals surface area (Å²) in [6.07, 6.45) is 2.20. The van der Waals surface area contributed by atoms with Crippen LogP contribution in [0.25, 0.3) is 10.4 Å². The number of aryl methyl sites for hydroxylation is 1. The molecular weight excluding hydrogens is 372 g/mol. The van der Waals surface area contributed by atoms with Crippen molar-refractivity contribution in [1.82, 2.24) is 15.2 Å². The summed E-state index contributed by atoms with van der Waals surface area (Å²) in [5.74, 6) is 0.639. The predicted molar refractivity (Wildman–Crippen MR) is 101 cm³/mol. The van der Waals surface area contributed by atoms with Crippen LogP contribution in [0.4, 0.5) is 11.5 Å². The summed E-state index contributed by atoms with van der Waals surface area (Å²) >= 11 is 1.42. The summed E-state index contributed by atoms with van der Waals surface area (Å²) in [6.45, 7) is 2.62. The molecule has 0 bridgehead atoms. The van der Waals surface area contributed by atoms with E-state index in [1.807, 2.05) is 25.1 Å². The maximum atomic E-state index is 13.2. The Morgan fingerprint density at radius 1 is 1.35 bits per heavy atom. The topological polar surface area (TPSA) is 97.0 Å². The van der Waals surface area contributed by atoms with E-state index in [0.29, 0.717) is 35.0 Å². The molecule has 3 heterocycles. The number of nitrogens with one attached hydrogen (secondary N) is 2. The van der Waals surface area contributed by atoms with Gasteiger partial charge in [0.1, 0.15) is 0 Å². The highest BCUT2D eigenvalue weighted by Crippen LogP contribution is 2.36. The van der Waals surface area contributed by atoms with Crippen LogP contribution in [0.15, 0.2) is 40.9 Å². The molecule has 3 aromatic rings. The van der Waals surface area contributed by atoms with Gasteiger partial charge in [-0.1, -0.05) is 6.07 Å². The predicted octanol–water partition coefficient (Wildman–Crippen LogP) is 3.15. The van der Waals surface area contributed by atoms with Crippen molar-refractivity contribution < 1.29 is 13.2 Å². The number of aromatic nitrogens is 3. The van der Waals surface area contributed by atoms with Gasteiger partial charge in [-0.3, -0.25) is 10.1 Å². The van der Waals surface area contributed by atoms with E-state index in [1.165, 1.54) is 11.3 Å². The van der Waals surface area contributed by atoms with E-state index < -0.39 is 15.1 Å². The Kier molecular flexibility index (Phi) is 4.51. The quantitative estimate of drug-likeness (QED) is 0.695. The van der Waals surface area contributed by atoms with Crippen molar-refractivity contribution in [3.8, 4) is 10.4 Å². The summed E-state index contributed by atoms with van der Waals surface area (Å²) in [7, 11) is -3.52. The molecule has 1 fully saturated rings. The van der Waals surface area contributed by atoms with Crippen molar-refractivity contribution in [2.24, 2.45) is 0 Å². The number of ether oxygens (including phenoxy) is 1.